The van der Waals surface area contributed by atoms with Crippen LogP contribution in [0.15, 0.2) is 16.9 Å². The third kappa shape index (κ3) is 6.38. The van der Waals surface area contributed by atoms with Crippen molar-refractivity contribution in [1.82, 2.24) is 10.5 Å². The van der Waals surface area contributed by atoms with E-state index in [4.69, 9.17) is 9.47 Å². The Bertz CT molecular complexity index is 279. The summed E-state index contributed by atoms with van der Waals surface area (Å²) in [7, 11) is 1.62. The molecule has 2 unspecified atom stereocenters. The molecule has 1 aromatic heterocycles. The van der Waals surface area contributed by atoms with E-state index in [-0.39, 0.29) is 12.7 Å². The van der Waals surface area contributed by atoms with Gasteiger partial charge in [0.05, 0.1) is 31.1 Å². The van der Waals surface area contributed by atoms with Crippen molar-refractivity contribution in [1.29, 1.82) is 0 Å². The summed E-state index contributed by atoms with van der Waals surface area (Å²) in [5, 5.41) is 16.4. The normalized spacial score (nSPS) is 14.8. The maximum Gasteiger partial charge on any atom is 0.124 e. The Kier molecular flexibility index (Phi) is 6.80. The molecule has 0 saturated carbocycles. The van der Waals surface area contributed by atoms with Gasteiger partial charge in [-0.25, -0.2) is 0 Å². The number of ether oxygens (including phenoxy) is 2. The van der Waals surface area contributed by atoms with E-state index in [2.05, 4.69) is 15.0 Å². The number of nitrogens with one attached hydrogen (secondary N) is 1. The minimum absolute atomic E-state index is 0.00908. The molecule has 17 heavy (non-hydrogen) atoms. The van der Waals surface area contributed by atoms with Gasteiger partial charge in [-0.15, -0.1) is 0 Å². The number of hydrogen-bond donors (Lipinski definition) is 2. The second-order valence-electron chi connectivity index (χ2n) is 3.87. The molecule has 2 atom stereocenters. The summed E-state index contributed by atoms with van der Waals surface area (Å²) in [5.41, 5.74) is 0.811. The quantitative estimate of drug-likeness (QED) is 0.645. The summed E-state index contributed by atoms with van der Waals surface area (Å²) >= 11 is 0. The zero-order valence-corrected chi connectivity index (χ0v) is 10.3. The fourth-order valence-corrected chi connectivity index (χ4v) is 1.31. The first kappa shape index (κ1) is 14.1. The lowest BCUT2D eigenvalue weighted by Crippen LogP contribution is -2.32. The van der Waals surface area contributed by atoms with Gasteiger partial charge in [0.15, 0.2) is 0 Å². The van der Waals surface area contributed by atoms with E-state index in [0.29, 0.717) is 19.7 Å². The van der Waals surface area contributed by atoms with Crippen LogP contribution in [0.4, 0.5) is 0 Å². The van der Waals surface area contributed by atoms with Gasteiger partial charge in [-0.2, -0.15) is 0 Å². The number of aromatic nitrogens is 1. The monoisotopic (exact) mass is 244 g/mol. The minimum Gasteiger partial charge on any atom is -0.389 e. The van der Waals surface area contributed by atoms with E-state index < -0.39 is 6.10 Å². The maximum absolute atomic E-state index is 9.62. The molecule has 0 radical (unpaired) electrons. The Morgan fingerprint density at radius 3 is 3.00 bits per heavy atom. The fraction of sp³-hybridized carbons (Fsp3) is 0.727. The predicted molar refractivity (Wildman–Crippen MR) is 61.5 cm³/mol. The second kappa shape index (κ2) is 8.19. The van der Waals surface area contributed by atoms with Crippen LogP contribution < -0.4 is 5.32 Å². The van der Waals surface area contributed by atoms with Crippen molar-refractivity contribution >= 4 is 0 Å². The van der Waals surface area contributed by atoms with Crippen LogP contribution in [0.25, 0.3) is 0 Å². The second-order valence-corrected chi connectivity index (χ2v) is 3.87. The first-order chi connectivity index (χ1) is 8.22. The molecule has 0 fully saturated rings. The summed E-state index contributed by atoms with van der Waals surface area (Å²) in [6, 6.07) is 1.77. The molecular formula is C11H20N2O4. The smallest absolute Gasteiger partial charge is 0.124 e. The molecule has 0 aliphatic carbocycles. The van der Waals surface area contributed by atoms with Crippen molar-refractivity contribution in [3.05, 3.63) is 18.0 Å². The lowest BCUT2D eigenvalue weighted by Gasteiger charge is -2.16. The Morgan fingerprint density at radius 2 is 2.35 bits per heavy atom. The maximum atomic E-state index is 9.62. The van der Waals surface area contributed by atoms with Crippen LogP contribution in [-0.2, 0) is 16.0 Å². The van der Waals surface area contributed by atoms with Crippen LogP contribution in [-0.4, -0.2) is 49.3 Å². The summed E-state index contributed by atoms with van der Waals surface area (Å²) < 4.78 is 15.0. The standard InChI is InChI=1S/C11H20N2O4/c1-9(7-15-2)16-8-11(14)6-12-5-10-3-4-17-13-10/h3-4,9,11-12,14H,5-8H2,1-2H3. The third-order valence-electron chi connectivity index (χ3n) is 2.15. The SMILES string of the molecule is COCC(C)OCC(O)CNCc1ccon1. The van der Waals surface area contributed by atoms with Crippen molar-refractivity contribution in [3.63, 3.8) is 0 Å². The summed E-state index contributed by atoms with van der Waals surface area (Å²) in [5.74, 6) is 0. The van der Waals surface area contributed by atoms with E-state index in [1.807, 2.05) is 6.92 Å². The van der Waals surface area contributed by atoms with Gasteiger partial charge < -0.3 is 24.4 Å². The first-order valence-corrected chi connectivity index (χ1v) is 5.61. The van der Waals surface area contributed by atoms with Gasteiger partial charge in [-0.1, -0.05) is 5.16 Å². The van der Waals surface area contributed by atoms with Gasteiger partial charge in [-0.05, 0) is 6.92 Å². The minimum atomic E-state index is -0.541. The molecule has 1 heterocycles. The van der Waals surface area contributed by atoms with Crippen molar-refractivity contribution in [3.8, 4) is 0 Å². The van der Waals surface area contributed by atoms with Gasteiger partial charge in [0, 0.05) is 26.3 Å². The van der Waals surface area contributed by atoms with Crippen LogP contribution in [0.5, 0.6) is 0 Å². The molecule has 0 aromatic carbocycles. The average Bonchev–Trinajstić information content (AvgIpc) is 2.80. The highest BCUT2D eigenvalue weighted by atomic mass is 16.5. The van der Waals surface area contributed by atoms with E-state index in [0.717, 1.165) is 5.69 Å². The Morgan fingerprint density at radius 1 is 1.53 bits per heavy atom. The Hall–Kier alpha value is -0.950. The molecule has 0 spiro atoms. The van der Waals surface area contributed by atoms with Crippen molar-refractivity contribution in [2.75, 3.05) is 26.9 Å². The molecule has 6 nitrogen and oxygen atoms in total. The number of rotatable bonds is 9. The molecule has 0 bridgehead atoms. The van der Waals surface area contributed by atoms with Crippen LogP contribution in [0.3, 0.4) is 0 Å². The highest BCUT2D eigenvalue weighted by Gasteiger charge is 2.08. The molecule has 2 N–H and O–H groups in total. The zero-order chi connectivity index (χ0) is 12.5. The van der Waals surface area contributed by atoms with E-state index in [1.54, 1.807) is 13.2 Å². The zero-order valence-electron chi connectivity index (χ0n) is 10.3. The number of methoxy groups -OCH3 is 1. The molecule has 98 valence electrons. The number of nitrogens with zero attached hydrogens (tertiary/aromatic N) is 1. The summed E-state index contributed by atoms with van der Waals surface area (Å²) in [6.45, 7) is 3.74. The number of aliphatic hydroxyl groups is 1. The van der Waals surface area contributed by atoms with Crippen LogP contribution >= 0.6 is 0 Å². The molecule has 0 aliphatic rings. The highest BCUT2D eigenvalue weighted by molar-refractivity contribution is 4.94. The fourth-order valence-electron chi connectivity index (χ4n) is 1.31. The predicted octanol–water partition coefficient (Wildman–Crippen LogP) is 0.177. The van der Waals surface area contributed by atoms with Gasteiger partial charge in [0.25, 0.3) is 0 Å². The van der Waals surface area contributed by atoms with Crippen molar-refractivity contribution < 1.29 is 19.1 Å². The summed E-state index contributed by atoms with van der Waals surface area (Å²) in [4.78, 5) is 0. The topological polar surface area (TPSA) is 76.8 Å². The highest BCUT2D eigenvalue weighted by Crippen LogP contribution is 1.95. The number of aliphatic hydroxyl groups excluding tert-OH is 1. The van der Waals surface area contributed by atoms with E-state index in [1.165, 1.54) is 6.26 Å². The molecule has 1 aromatic rings. The van der Waals surface area contributed by atoms with E-state index >= 15 is 0 Å². The first-order valence-electron chi connectivity index (χ1n) is 5.61. The molecule has 0 amide bonds. The summed E-state index contributed by atoms with van der Waals surface area (Å²) in [6.07, 6.45) is 0.967. The van der Waals surface area contributed by atoms with Gasteiger partial charge >= 0.3 is 0 Å². The molecule has 0 aliphatic heterocycles. The molecule has 0 saturated heterocycles. The van der Waals surface area contributed by atoms with Gasteiger partial charge in [0.1, 0.15) is 6.26 Å². The Labute approximate surface area is 101 Å². The lowest BCUT2D eigenvalue weighted by atomic mass is 10.3. The van der Waals surface area contributed by atoms with E-state index in [9.17, 15) is 5.11 Å². The van der Waals surface area contributed by atoms with Crippen LogP contribution in [0.2, 0.25) is 0 Å². The number of hydrogen-bond acceptors (Lipinski definition) is 6. The largest absolute Gasteiger partial charge is 0.389 e. The van der Waals surface area contributed by atoms with Crippen molar-refractivity contribution in [2.45, 2.75) is 25.7 Å². The lowest BCUT2D eigenvalue weighted by molar-refractivity contribution is -0.0311. The molecule has 1 rings (SSSR count). The molecule has 6 heteroatoms. The van der Waals surface area contributed by atoms with Gasteiger partial charge in [-0.3, -0.25) is 0 Å². The van der Waals surface area contributed by atoms with Crippen LogP contribution in [0.1, 0.15) is 12.6 Å². The van der Waals surface area contributed by atoms with Crippen LogP contribution in [0, 0.1) is 0 Å². The van der Waals surface area contributed by atoms with Crippen molar-refractivity contribution in [2.24, 2.45) is 0 Å². The molecular weight excluding hydrogens is 224 g/mol. The Balaban J connectivity index is 2.03. The third-order valence-corrected chi connectivity index (χ3v) is 2.15. The van der Waals surface area contributed by atoms with Gasteiger partial charge in [0.2, 0.25) is 0 Å². The average molecular weight is 244 g/mol.